The van der Waals surface area contributed by atoms with Gasteiger partial charge in [-0.3, -0.25) is 14.6 Å². The van der Waals surface area contributed by atoms with Gasteiger partial charge in [-0.15, -0.1) is 0 Å². The predicted molar refractivity (Wildman–Crippen MR) is 128 cm³/mol. The fourth-order valence-corrected chi connectivity index (χ4v) is 3.53. The summed E-state index contributed by atoms with van der Waals surface area (Å²) >= 11 is 0. The van der Waals surface area contributed by atoms with Crippen LogP contribution in [0.1, 0.15) is 44.5 Å². The minimum absolute atomic E-state index is 0.141. The topological polar surface area (TPSA) is 74.3 Å². The average Bonchev–Trinajstić information content (AvgIpc) is 2.82. The third kappa shape index (κ3) is 7.38. The molecule has 1 unspecified atom stereocenters. The zero-order valence-electron chi connectivity index (χ0n) is 19.7. The molecule has 184 valence electrons. The highest BCUT2D eigenvalue weighted by Crippen LogP contribution is 2.29. The molecule has 0 fully saturated rings. The van der Waals surface area contributed by atoms with E-state index < -0.39 is 17.6 Å². The number of benzene rings is 2. The van der Waals surface area contributed by atoms with Gasteiger partial charge in [0, 0.05) is 44.1 Å². The van der Waals surface area contributed by atoms with Crippen molar-refractivity contribution in [1.29, 1.82) is 0 Å². The van der Waals surface area contributed by atoms with Gasteiger partial charge in [0.1, 0.15) is 5.69 Å². The summed E-state index contributed by atoms with van der Waals surface area (Å²) in [7, 11) is 3.27. The van der Waals surface area contributed by atoms with E-state index in [2.05, 4.69) is 15.6 Å². The molecular weight excluding hydrogens is 457 g/mol. The molecule has 0 aliphatic heterocycles. The molecule has 0 radical (unpaired) electrons. The predicted octanol–water partition coefficient (Wildman–Crippen LogP) is 4.78. The summed E-state index contributed by atoms with van der Waals surface area (Å²) in [5.74, 6) is -0.630. The lowest BCUT2D eigenvalue weighted by atomic mass is 10.0. The molecule has 3 rings (SSSR count). The number of alkyl halides is 3. The van der Waals surface area contributed by atoms with E-state index in [-0.39, 0.29) is 17.6 Å². The van der Waals surface area contributed by atoms with Gasteiger partial charge in [-0.1, -0.05) is 24.3 Å². The number of aromatic nitrogens is 1. The monoisotopic (exact) mass is 484 g/mol. The fraction of sp³-hybridized carbons (Fsp3) is 0.269. The first-order chi connectivity index (χ1) is 16.5. The molecule has 0 aliphatic rings. The number of nitrogens with zero attached hydrogens (tertiary/aromatic N) is 2. The molecule has 1 atom stereocenters. The fourth-order valence-electron chi connectivity index (χ4n) is 3.53. The Balaban J connectivity index is 1.74. The van der Waals surface area contributed by atoms with Gasteiger partial charge in [0.05, 0.1) is 5.56 Å². The highest BCUT2D eigenvalue weighted by atomic mass is 19.4. The van der Waals surface area contributed by atoms with Crippen molar-refractivity contribution < 1.29 is 22.8 Å². The maximum Gasteiger partial charge on any atom is 0.416 e. The lowest BCUT2D eigenvalue weighted by Crippen LogP contribution is -2.28. The average molecular weight is 485 g/mol. The smallest absolute Gasteiger partial charge is 0.345 e. The molecule has 35 heavy (non-hydrogen) atoms. The van der Waals surface area contributed by atoms with Crippen LogP contribution in [-0.4, -0.2) is 41.8 Å². The number of anilines is 1. The normalized spacial score (nSPS) is 12.2. The van der Waals surface area contributed by atoms with E-state index in [1.165, 1.54) is 17.2 Å². The number of pyridine rings is 1. The van der Waals surface area contributed by atoms with Gasteiger partial charge in [-0.05, 0) is 60.9 Å². The lowest BCUT2D eigenvalue weighted by molar-refractivity contribution is -0.137. The summed E-state index contributed by atoms with van der Waals surface area (Å²) in [4.78, 5) is 30.6. The molecule has 0 saturated carbocycles. The third-order valence-electron chi connectivity index (χ3n) is 5.25. The Kier molecular flexibility index (Phi) is 8.24. The van der Waals surface area contributed by atoms with Crippen LogP contribution in [0.5, 0.6) is 0 Å². The SMILES string of the molecule is CC(Cc1cccc(C(F)(F)F)c1)NCc1cc(NC(=O)c2ccccn2)cc(C(=O)N(C)C)c1. The minimum atomic E-state index is -4.39. The number of nitrogens with one attached hydrogen (secondary N) is 2. The summed E-state index contributed by atoms with van der Waals surface area (Å²) in [6.07, 6.45) is -2.48. The van der Waals surface area contributed by atoms with E-state index >= 15 is 0 Å². The number of halogens is 3. The molecule has 2 amide bonds. The van der Waals surface area contributed by atoms with E-state index in [0.717, 1.165) is 17.7 Å². The molecule has 0 saturated heterocycles. The molecular formula is C26H27F3N4O2. The quantitative estimate of drug-likeness (QED) is 0.483. The summed E-state index contributed by atoms with van der Waals surface area (Å²) in [5.41, 5.74) is 1.72. The van der Waals surface area contributed by atoms with E-state index in [4.69, 9.17) is 0 Å². The van der Waals surface area contributed by atoms with Crippen molar-refractivity contribution in [2.24, 2.45) is 0 Å². The summed E-state index contributed by atoms with van der Waals surface area (Å²) < 4.78 is 39.0. The first-order valence-electron chi connectivity index (χ1n) is 11.0. The standard InChI is InChI=1S/C26H27F3N4O2/c1-17(11-18-7-6-8-21(13-18)26(27,28)29)31-16-19-12-20(25(35)33(2)3)15-22(14-19)32-24(34)23-9-4-5-10-30-23/h4-10,12-15,17,31H,11,16H2,1-3H3,(H,32,34). The van der Waals surface area contributed by atoms with Crippen LogP contribution < -0.4 is 10.6 Å². The Bertz CT molecular complexity index is 1180. The van der Waals surface area contributed by atoms with Gasteiger partial charge in [-0.2, -0.15) is 13.2 Å². The van der Waals surface area contributed by atoms with E-state index in [9.17, 15) is 22.8 Å². The molecule has 6 nitrogen and oxygen atoms in total. The van der Waals surface area contributed by atoms with Gasteiger partial charge >= 0.3 is 6.18 Å². The second kappa shape index (κ2) is 11.1. The van der Waals surface area contributed by atoms with Crippen LogP contribution in [0, 0.1) is 0 Å². The van der Waals surface area contributed by atoms with Crippen molar-refractivity contribution in [1.82, 2.24) is 15.2 Å². The second-order valence-corrected chi connectivity index (χ2v) is 8.47. The molecule has 1 aromatic heterocycles. The number of rotatable bonds is 8. The summed E-state index contributed by atoms with van der Waals surface area (Å²) in [5, 5.41) is 6.06. The van der Waals surface area contributed by atoms with Crippen LogP contribution in [0.2, 0.25) is 0 Å². The first-order valence-corrected chi connectivity index (χ1v) is 11.0. The first kappa shape index (κ1) is 25.9. The Hall–Kier alpha value is -3.72. The largest absolute Gasteiger partial charge is 0.416 e. The van der Waals surface area contributed by atoms with E-state index in [1.807, 2.05) is 6.92 Å². The zero-order valence-corrected chi connectivity index (χ0v) is 19.7. The van der Waals surface area contributed by atoms with Gasteiger partial charge < -0.3 is 15.5 Å². The molecule has 1 heterocycles. The highest BCUT2D eigenvalue weighted by Gasteiger charge is 2.30. The molecule has 2 aromatic carbocycles. The summed E-state index contributed by atoms with van der Waals surface area (Å²) in [6.45, 7) is 2.22. The van der Waals surface area contributed by atoms with Crippen LogP contribution in [0.3, 0.4) is 0 Å². The van der Waals surface area contributed by atoms with Crippen molar-refractivity contribution >= 4 is 17.5 Å². The number of hydrogen-bond donors (Lipinski definition) is 2. The second-order valence-electron chi connectivity index (χ2n) is 8.47. The molecule has 0 bridgehead atoms. The molecule has 9 heteroatoms. The van der Waals surface area contributed by atoms with Crippen molar-refractivity contribution in [2.75, 3.05) is 19.4 Å². The van der Waals surface area contributed by atoms with E-state index in [0.29, 0.717) is 29.8 Å². The van der Waals surface area contributed by atoms with Crippen LogP contribution in [0.25, 0.3) is 0 Å². The van der Waals surface area contributed by atoms with Gasteiger partial charge in [0.25, 0.3) is 11.8 Å². The number of carbonyl (C=O) groups excluding carboxylic acids is 2. The molecule has 0 spiro atoms. The maximum atomic E-state index is 13.0. The number of hydrogen-bond acceptors (Lipinski definition) is 4. The highest BCUT2D eigenvalue weighted by molar-refractivity contribution is 6.04. The Labute approximate surface area is 202 Å². The molecule has 0 aliphatic carbocycles. The van der Waals surface area contributed by atoms with Crippen molar-refractivity contribution in [3.05, 3.63) is 94.8 Å². The van der Waals surface area contributed by atoms with Crippen molar-refractivity contribution in [2.45, 2.75) is 32.1 Å². The molecule has 2 N–H and O–H groups in total. The molecule has 3 aromatic rings. The minimum Gasteiger partial charge on any atom is -0.345 e. The summed E-state index contributed by atoms with van der Waals surface area (Å²) in [6, 6.07) is 15.2. The van der Waals surface area contributed by atoms with Crippen molar-refractivity contribution in [3.63, 3.8) is 0 Å². The van der Waals surface area contributed by atoms with E-state index in [1.54, 1.807) is 56.6 Å². The van der Waals surface area contributed by atoms with Gasteiger partial charge in [0.15, 0.2) is 0 Å². The third-order valence-corrected chi connectivity index (χ3v) is 5.25. The van der Waals surface area contributed by atoms with Crippen LogP contribution in [0.4, 0.5) is 18.9 Å². The van der Waals surface area contributed by atoms with Gasteiger partial charge in [0.2, 0.25) is 0 Å². The van der Waals surface area contributed by atoms with Crippen LogP contribution >= 0.6 is 0 Å². The van der Waals surface area contributed by atoms with Crippen molar-refractivity contribution in [3.8, 4) is 0 Å². The number of amides is 2. The lowest BCUT2D eigenvalue weighted by Gasteiger charge is -2.17. The Morgan fingerprint density at radius 2 is 1.77 bits per heavy atom. The maximum absolute atomic E-state index is 13.0. The zero-order chi connectivity index (χ0) is 25.6. The van der Waals surface area contributed by atoms with Crippen LogP contribution in [-0.2, 0) is 19.1 Å². The Morgan fingerprint density at radius 1 is 1.00 bits per heavy atom. The number of carbonyl (C=O) groups is 2. The van der Waals surface area contributed by atoms with Gasteiger partial charge in [-0.25, -0.2) is 0 Å². The van der Waals surface area contributed by atoms with Crippen LogP contribution in [0.15, 0.2) is 66.9 Å². The Morgan fingerprint density at radius 3 is 2.43 bits per heavy atom.